The molecule has 0 saturated carbocycles. The Balaban J connectivity index is 2.09. The molecule has 2 aromatic carbocycles. The van der Waals surface area contributed by atoms with E-state index in [9.17, 15) is 0 Å². The Morgan fingerprint density at radius 1 is 1.10 bits per heavy atom. The van der Waals surface area contributed by atoms with Crippen LogP contribution in [0, 0.1) is 0 Å². The minimum absolute atomic E-state index is 0.0681. The molecule has 0 bridgehead atoms. The topological polar surface area (TPSA) is 25.2 Å². The van der Waals surface area contributed by atoms with Gasteiger partial charge in [-0.2, -0.15) is 0 Å². The maximum Gasteiger partial charge on any atom is 0.142 e. The first-order valence-corrected chi connectivity index (χ1v) is 7.16. The third-order valence-corrected chi connectivity index (χ3v) is 3.63. The lowest BCUT2D eigenvalue weighted by Gasteiger charge is -2.19. The SMILES string of the molecule is CC(C)(C)NCc1cc2cc(Cl)c3ccccc3c2o1. The second-order valence-electron chi connectivity index (χ2n) is 6.14. The van der Waals surface area contributed by atoms with E-state index in [2.05, 4.69) is 32.2 Å². The molecular weight excluding hydrogens is 270 g/mol. The third kappa shape index (κ3) is 2.54. The molecule has 20 heavy (non-hydrogen) atoms. The Bertz CT molecular complexity index is 768. The van der Waals surface area contributed by atoms with Crippen molar-refractivity contribution in [3.05, 3.63) is 47.2 Å². The molecule has 0 spiro atoms. The molecule has 0 aliphatic rings. The first kappa shape index (κ1) is 13.5. The number of benzene rings is 2. The van der Waals surface area contributed by atoms with E-state index in [0.29, 0.717) is 6.54 Å². The first-order valence-electron chi connectivity index (χ1n) is 6.79. The summed E-state index contributed by atoms with van der Waals surface area (Å²) in [6.07, 6.45) is 0. The summed E-state index contributed by atoms with van der Waals surface area (Å²) < 4.78 is 6.01. The largest absolute Gasteiger partial charge is 0.459 e. The number of halogens is 1. The number of hydrogen-bond donors (Lipinski definition) is 1. The van der Waals surface area contributed by atoms with Crippen molar-refractivity contribution in [2.45, 2.75) is 32.9 Å². The third-order valence-electron chi connectivity index (χ3n) is 3.32. The highest BCUT2D eigenvalue weighted by Gasteiger charge is 2.13. The Kier molecular flexibility index (Phi) is 3.23. The molecule has 1 heterocycles. The molecule has 0 aliphatic carbocycles. The fraction of sp³-hybridized carbons (Fsp3) is 0.294. The van der Waals surface area contributed by atoms with Gasteiger partial charge in [0.1, 0.15) is 11.3 Å². The van der Waals surface area contributed by atoms with Crippen molar-refractivity contribution < 1.29 is 4.42 Å². The van der Waals surface area contributed by atoms with Crippen molar-refractivity contribution in [2.75, 3.05) is 0 Å². The van der Waals surface area contributed by atoms with Crippen molar-refractivity contribution in [1.29, 1.82) is 0 Å². The number of rotatable bonds is 2. The minimum atomic E-state index is 0.0681. The highest BCUT2D eigenvalue weighted by Crippen LogP contribution is 2.33. The fourth-order valence-electron chi connectivity index (χ4n) is 2.32. The van der Waals surface area contributed by atoms with Crippen LogP contribution in [0.4, 0.5) is 0 Å². The van der Waals surface area contributed by atoms with Gasteiger partial charge in [-0.3, -0.25) is 0 Å². The molecule has 1 N–H and O–H groups in total. The maximum atomic E-state index is 6.34. The van der Waals surface area contributed by atoms with E-state index in [4.69, 9.17) is 16.0 Å². The Labute approximate surface area is 123 Å². The van der Waals surface area contributed by atoms with E-state index in [-0.39, 0.29) is 5.54 Å². The lowest BCUT2D eigenvalue weighted by molar-refractivity contribution is 0.395. The van der Waals surface area contributed by atoms with Crippen molar-refractivity contribution in [1.82, 2.24) is 5.32 Å². The molecular formula is C17H18ClNO. The lowest BCUT2D eigenvalue weighted by atomic mass is 10.1. The molecule has 0 atom stereocenters. The molecule has 3 heteroatoms. The van der Waals surface area contributed by atoms with Gasteiger partial charge in [0.25, 0.3) is 0 Å². The minimum Gasteiger partial charge on any atom is -0.459 e. The summed E-state index contributed by atoms with van der Waals surface area (Å²) >= 11 is 6.34. The van der Waals surface area contributed by atoms with E-state index in [1.807, 2.05) is 30.3 Å². The smallest absolute Gasteiger partial charge is 0.142 e. The Hall–Kier alpha value is -1.51. The van der Waals surface area contributed by atoms with Crippen LogP contribution in [-0.2, 0) is 6.54 Å². The fourth-order valence-corrected chi connectivity index (χ4v) is 2.60. The molecule has 104 valence electrons. The van der Waals surface area contributed by atoms with Gasteiger partial charge in [-0.15, -0.1) is 0 Å². The molecule has 0 radical (unpaired) electrons. The average Bonchev–Trinajstić information content (AvgIpc) is 2.79. The van der Waals surface area contributed by atoms with Gasteiger partial charge in [0.2, 0.25) is 0 Å². The van der Waals surface area contributed by atoms with Crippen LogP contribution in [0.15, 0.2) is 40.8 Å². The van der Waals surface area contributed by atoms with E-state index >= 15 is 0 Å². The normalized spacial score (nSPS) is 12.4. The van der Waals surface area contributed by atoms with E-state index in [1.165, 1.54) is 0 Å². The number of hydrogen-bond acceptors (Lipinski definition) is 2. The number of fused-ring (bicyclic) bond motifs is 3. The Morgan fingerprint density at radius 3 is 2.50 bits per heavy atom. The molecule has 2 nitrogen and oxygen atoms in total. The zero-order valence-electron chi connectivity index (χ0n) is 12.0. The molecule has 0 fully saturated rings. The predicted octanol–water partition coefficient (Wildman–Crippen LogP) is 5.13. The van der Waals surface area contributed by atoms with Gasteiger partial charge in [0.05, 0.1) is 6.54 Å². The van der Waals surface area contributed by atoms with Crippen LogP contribution in [0.1, 0.15) is 26.5 Å². The van der Waals surface area contributed by atoms with Gasteiger partial charge in [-0.1, -0.05) is 35.9 Å². The van der Waals surface area contributed by atoms with Crippen LogP contribution >= 0.6 is 11.6 Å². The lowest BCUT2D eigenvalue weighted by Crippen LogP contribution is -2.34. The van der Waals surface area contributed by atoms with Crippen LogP contribution in [0.2, 0.25) is 5.02 Å². The van der Waals surface area contributed by atoms with Crippen molar-refractivity contribution in [3.63, 3.8) is 0 Å². The van der Waals surface area contributed by atoms with Gasteiger partial charge < -0.3 is 9.73 Å². The van der Waals surface area contributed by atoms with E-state index in [0.717, 1.165) is 32.5 Å². The molecule has 1 aromatic heterocycles. The highest BCUT2D eigenvalue weighted by molar-refractivity contribution is 6.37. The summed E-state index contributed by atoms with van der Waals surface area (Å²) in [6, 6.07) is 12.1. The second-order valence-corrected chi connectivity index (χ2v) is 6.55. The van der Waals surface area contributed by atoms with Crippen molar-refractivity contribution >= 4 is 33.3 Å². The molecule has 0 aliphatic heterocycles. The van der Waals surface area contributed by atoms with Gasteiger partial charge >= 0.3 is 0 Å². The summed E-state index contributed by atoms with van der Waals surface area (Å²) in [6.45, 7) is 7.13. The Morgan fingerprint density at radius 2 is 1.80 bits per heavy atom. The van der Waals surface area contributed by atoms with Gasteiger partial charge in [-0.25, -0.2) is 0 Å². The average molecular weight is 288 g/mol. The van der Waals surface area contributed by atoms with Gasteiger partial charge in [-0.05, 0) is 32.9 Å². The van der Waals surface area contributed by atoms with Crippen LogP contribution in [0.5, 0.6) is 0 Å². The first-order chi connectivity index (χ1) is 9.44. The zero-order valence-corrected chi connectivity index (χ0v) is 12.7. The standard InChI is InChI=1S/C17H18ClNO/c1-17(2,3)19-10-12-8-11-9-15(18)13-6-4-5-7-14(13)16(11)20-12/h4-9,19H,10H2,1-3H3. The molecule has 0 amide bonds. The van der Waals surface area contributed by atoms with Gasteiger partial charge in [0, 0.05) is 26.7 Å². The van der Waals surface area contributed by atoms with Crippen molar-refractivity contribution in [3.8, 4) is 0 Å². The van der Waals surface area contributed by atoms with E-state index in [1.54, 1.807) is 0 Å². The predicted molar refractivity (Wildman–Crippen MR) is 85.3 cm³/mol. The summed E-state index contributed by atoms with van der Waals surface area (Å²) in [5.74, 6) is 0.933. The maximum absolute atomic E-state index is 6.34. The van der Waals surface area contributed by atoms with Crippen LogP contribution in [-0.4, -0.2) is 5.54 Å². The second kappa shape index (κ2) is 4.80. The molecule has 0 unspecified atom stereocenters. The van der Waals surface area contributed by atoms with Crippen LogP contribution < -0.4 is 5.32 Å². The zero-order chi connectivity index (χ0) is 14.3. The van der Waals surface area contributed by atoms with Crippen molar-refractivity contribution in [2.24, 2.45) is 0 Å². The van der Waals surface area contributed by atoms with Crippen LogP contribution in [0.25, 0.3) is 21.7 Å². The van der Waals surface area contributed by atoms with Gasteiger partial charge in [0.15, 0.2) is 0 Å². The number of furan rings is 1. The monoisotopic (exact) mass is 287 g/mol. The van der Waals surface area contributed by atoms with Crippen LogP contribution in [0.3, 0.4) is 0 Å². The molecule has 3 aromatic rings. The quantitative estimate of drug-likeness (QED) is 0.707. The summed E-state index contributed by atoms with van der Waals surface area (Å²) in [7, 11) is 0. The summed E-state index contributed by atoms with van der Waals surface area (Å²) in [5, 5.41) is 7.36. The summed E-state index contributed by atoms with van der Waals surface area (Å²) in [5.41, 5.74) is 0.981. The molecule has 3 rings (SSSR count). The number of nitrogens with one attached hydrogen (secondary N) is 1. The highest BCUT2D eigenvalue weighted by atomic mass is 35.5. The molecule has 0 saturated heterocycles. The van der Waals surface area contributed by atoms with E-state index < -0.39 is 0 Å². The summed E-state index contributed by atoms with van der Waals surface area (Å²) in [4.78, 5) is 0.